The summed E-state index contributed by atoms with van der Waals surface area (Å²) in [6.45, 7) is 8.42. The summed E-state index contributed by atoms with van der Waals surface area (Å²) in [5.74, 6) is 2.21. The average molecular weight is 545 g/mol. The van der Waals surface area contributed by atoms with Gasteiger partial charge in [-0.1, -0.05) is 12.1 Å². The van der Waals surface area contributed by atoms with Crippen LogP contribution in [0.3, 0.4) is 0 Å². The summed E-state index contributed by atoms with van der Waals surface area (Å²) in [4.78, 5) is 16.7. The monoisotopic (exact) mass is 544 g/mol. The van der Waals surface area contributed by atoms with Crippen LogP contribution in [0.4, 0.5) is 10.3 Å². The molecule has 1 atom stereocenters. The van der Waals surface area contributed by atoms with E-state index >= 15 is 0 Å². The maximum absolute atomic E-state index is 13.8. The minimum absolute atomic E-state index is 0.191. The molecule has 1 unspecified atom stereocenters. The highest BCUT2D eigenvalue weighted by atomic mass is 19.1. The number of nitrogens with zero attached hydrogens (tertiary/aromatic N) is 5. The number of hydrogen-bond acceptors (Lipinski definition) is 7. The maximum Gasteiger partial charge on any atom is 0.223 e. The third-order valence-electron chi connectivity index (χ3n) is 7.10. The van der Waals surface area contributed by atoms with Gasteiger partial charge in [0.25, 0.3) is 0 Å². The first-order valence-corrected chi connectivity index (χ1v) is 14.0. The molecule has 1 aliphatic heterocycles. The van der Waals surface area contributed by atoms with Crippen LogP contribution in [0.5, 0.6) is 5.75 Å². The minimum Gasteiger partial charge on any atom is -0.494 e. The van der Waals surface area contributed by atoms with Gasteiger partial charge in [0.1, 0.15) is 17.4 Å². The molecule has 2 aromatic carbocycles. The predicted octanol–water partition coefficient (Wildman–Crippen LogP) is 5.61. The summed E-state index contributed by atoms with van der Waals surface area (Å²) < 4.78 is 27.3. The number of benzene rings is 2. The van der Waals surface area contributed by atoms with Crippen molar-refractivity contribution in [1.29, 1.82) is 0 Å². The van der Waals surface area contributed by atoms with Crippen LogP contribution < -0.4 is 10.1 Å². The molecule has 0 amide bonds. The maximum atomic E-state index is 13.8. The van der Waals surface area contributed by atoms with Gasteiger partial charge in [-0.3, -0.25) is 4.90 Å². The Kier molecular flexibility index (Phi) is 9.03. The fourth-order valence-electron chi connectivity index (χ4n) is 5.35. The van der Waals surface area contributed by atoms with Gasteiger partial charge in [0.2, 0.25) is 5.95 Å². The Hall–Kier alpha value is -3.82. The van der Waals surface area contributed by atoms with Crippen molar-refractivity contribution in [2.24, 2.45) is 0 Å². The molecule has 3 heterocycles. The van der Waals surface area contributed by atoms with Crippen molar-refractivity contribution in [1.82, 2.24) is 24.4 Å². The third kappa shape index (κ3) is 6.32. The van der Waals surface area contributed by atoms with Gasteiger partial charge in [-0.2, -0.15) is 0 Å². The van der Waals surface area contributed by atoms with Crippen molar-refractivity contribution in [3.8, 4) is 28.4 Å². The second-order valence-corrected chi connectivity index (χ2v) is 9.90. The number of ether oxygens (including phenoxy) is 2. The number of anilines is 1. The van der Waals surface area contributed by atoms with E-state index in [2.05, 4.69) is 31.9 Å². The summed E-state index contributed by atoms with van der Waals surface area (Å²) in [6.07, 6.45) is 3.61. The lowest BCUT2D eigenvalue weighted by atomic mass is 10.1. The molecule has 210 valence electrons. The van der Waals surface area contributed by atoms with E-state index in [9.17, 15) is 4.39 Å². The summed E-state index contributed by atoms with van der Waals surface area (Å²) in [5, 5.41) is 3.22. The lowest BCUT2D eigenvalue weighted by Gasteiger charge is -2.27. The topological polar surface area (TPSA) is 77.3 Å². The molecule has 40 heavy (non-hydrogen) atoms. The minimum atomic E-state index is -0.270. The van der Waals surface area contributed by atoms with Crippen LogP contribution in [0.25, 0.3) is 22.6 Å². The molecular weight excluding hydrogens is 507 g/mol. The van der Waals surface area contributed by atoms with E-state index in [4.69, 9.17) is 19.4 Å². The number of methoxy groups -OCH3 is 1. The number of aromatic nitrogens is 4. The first kappa shape index (κ1) is 27.7. The first-order valence-electron chi connectivity index (χ1n) is 14.0. The van der Waals surface area contributed by atoms with Crippen LogP contribution in [0.2, 0.25) is 0 Å². The lowest BCUT2D eigenvalue weighted by molar-refractivity contribution is 0.134. The molecule has 0 saturated carbocycles. The fourth-order valence-corrected chi connectivity index (χ4v) is 5.35. The van der Waals surface area contributed by atoms with Crippen molar-refractivity contribution >= 4 is 5.95 Å². The van der Waals surface area contributed by atoms with Crippen LogP contribution in [0, 0.1) is 5.82 Å². The van der Waals surface area contributed by atoms with Gasteiger partial charge in [0.15, 0.2) is 0 Å². The number of rotatable bonds is 13. The highest BCUT2D eigenvalue weighted by molar-refractivity contribution is 5.78. The summed E-state index contributed by atoms with van der Waals surface area (Å²) in [6, 6.07) is 16.9. The van der Waals surface area contributed by atoms with E-state index < -0.39 is 0 Å². The zero-order valence-corrected chi connectivity index (χ0v) is 23.4. The van der Waals surface area contributed by atoms with Gasteiger partial charge in [-0.05, 0) is 68.3 Å². The molecule has 9 heteroatoms. The SMILES string of the molecule is CCNc1nccc(-c2c(-c3ccc(F)cc3)nc3n2C(CN(CCOC)Cc2cccc(OCC)c2)CC3)n1. The zero-order chi connectivity index (χ0) is 27.9. The van der Waals surface area contributed by atoms with Gasteiger partial charge < -0.3 is 19.4 Å². The molecule has 5 rings (SSSR count). The molecule has 1 N–H and O–H groups in total. The number of aryl methyl sites for hydroxylation is 1. The fraction of sp³-hybridized carbons (Fsp3) is 0.387. The largest absolute Gasteiger partial charge is 0.494 e. The van der Waals surface area contributed by atoms with Gasteiger partial charge in [-0.15, -0.1) is 0 Å². The Balaban J connectivity index is 1.51. The summed E-state index contributed by atoms with van der Waals surface area (Å²) >= 11 is 0. The van der Waals surface area contributed by atoms with E-state index in [1.54, 1.807) is 25.4 Å². The molecule has 2 aromatic heterocycles. The number of nitrogens with one attached hydrogen (secondary N) is 1. The van der Waals surface area contributed by atoms with Crippen molar-refractivity contribution in [2.45, 2.75) is 39.3 Å². The van der Waals surface area contributed by atoms with E-state index in [-0.39, 0.29) is 11.9 Å². The number of imidazole rings is 1. The normalized spacial score (nSPS) is 14.5. The van der Waals surface area contributed by atoms with Crippen molar-refractivity contribution in [3.63, 3.8) is 0 Å². The standard InChI is InChI=1S/C31H37FN6O2/c1-4-33-31-34-16-15-27(35-31)30-29(23-9-11-24(32)12-10-23)36-28-14-13-25(38(28)30)21-37(17-18-39-3)20-22-7-6-8-26(19-22)40-5-2/h6-12,15-16,19,25H,4-5,13-14,17-18,20-21H2,1-3H3,(H,33,34,35). The van der Waals surface area contributed by atoms with Crippen LogP contribution in [-0.2, 0) is 17.7 Å². The number of halogens is 1. The van der Waals surface area contributed by atoms with Crippen LogP contribution in [0.15, 0.2) is 60.8 Å². The first-order chi connectivity index (χ1) is 19.6. The quantitative estimate of drug-likeness (QED) is 0.234. The van der Waals surface area contributed by atoms with Gasteiger partial charge in [0.05, 0.1) is 30.3 Å². The van der Waals surface area contributed by atoms with E-state index in [0.29, 0.717) is 19.2 Å². The van der Waals surface area contributed by atoms with Gasteiger partial charge >= 0.3 is 0 Å². The van der Waals surface area contributed by atoms with Crippen LogP contribution in [0.1, 0.15) is 37.7 Å². The van der Waals surface area contributed by atoms with Crippen molar-refractivity contribution < 1.29 is 13.9 Å². The second kappa shape index (κ2) is 13.0. The Morgan fingerprint density at radius 1 is 1.10 bits per heavy atom. The molecule has 0 aliphatic carbocycles. The second-order valence-electron chi connectivity index (χ2n) is 9.90. The highest BCUT2D eigenvalue weighted by Crippen LogP contribution is 2.39. The van der Waals surface area contributed by atoms with E-state index in [1.807, 2.05) is 32.0 Å². The summed E-state index contributed by atoms with van der Waals surface area (Å²) in [5.41, 5.74) is 4.61. The molecule has 8 nitrogen and oxygen atoms in total. The molecule has 0 spiro atoms. The number of fused-ring (bicyclic) bond motifs is 1. The zero-order valence-electron chi connectivity index (χ0n) is 23.4. The smallest absolute Gasteiger partial charge is 0.223 e. The van der Waals surface area contributed by atoms with Gasteiger partial charge in [0, 0.05) is 57.5 Å². The molecule has 0 bridgehead atoms. The number of hydrogen-bond donors (Lipinski definition) is 1. The molecule has 1 aliphatic rings. The van der Waals surface area contributed by atoms with Crippen LogP contribution in [-0.4, -0.2) is 64.4 Å². The van der Waals surface area contributed by atoms with Crippen molar-refractivity contribution in [3.05, 3.63) is 78.0 Å². The Morgan fingerprint density at radius 2 is 1.95 bits per heavy atom. The Bertz CT molecular complexity index is 1410. The predicted molar refractivity (Wildman–Crippen MR) is 155 cm³/mol. The molecule has 0 saturated heterocycles. The van der Waals surface area contributed by atoms with E-state index in [1.165, 1.54) is 17.7 Å². The van der Waals surface area contributed by atoms with Gasteiger partial charge in [-0.25, -0.2) is 19.3 Å². The van der Waals surface area contributed by atoms with Crippen LogP contribution >= 0.6 is 0 Å². The average Bonchev–Trinajstić information content (AvgIpc) is 3.53. The molecule has 0 radical (unpaired) electrons. The Morgan fingerprint density at radius 3 is 2.73 bits per heavy atom. The molecular formula is C31H37FN6O2. The molecule has 4 aromatic rings. The lowest BCUT2D eigenvalue weighted by Crippen LogP contribution is -2.32. The summed E-state index contributed by atoms with van der Waals surface area (Å²) in [7, 11) is 1.74. The highest BCUT2D eigenvalue weighted by Gasteiger charge is 2.32. The van der Waals surface area contributed by atoms with Crippen molar-refractivity contribution in [2.75, 3.05) is 45.3 Å². The van der Waals surface area contributed by atoms with E-state index in [0.717, 1.165) is 73.2 Å². The molecule has 0 fully saturated rings. The Labute approximate surface area is 235 Å². The third-order valence-corrected chi connectivity index (χ3v) is 7.10.